The summed E-state index contributed by atoms with van der Waals surface area (Å²) in [6.45, 7) is 0.506. The molecule has 0 fully saturated rings. The van der Waals surface area contributed by atoms with Crippen LogP contribution >= 0.6 is 0 Å². The van der Waals surface area contributed by atoms with Crippen molar-refractivity contribution in [3.8, 4) is 11.5 Å². The van der Waals surface area contributed by atoms with Gasteiger partial charge in [0.15, 0.2) is 9.84 Å². The smallest absolute Gasteiger partial charge is 0.177 e. The predicted molar refractivity (Wildman–Crippen MR) is 93.9 cm³/mol. The number of aromatic nitrogens is 3. The maximum atomic E-state index is 11.8. The molecule has 4 aromatic heterocycles. The third kappa shape index (κ3) is 2.94. The van der Waals surface area contributed by atoms with Gasteiger partial charge in [0.2, 0.25) is 0 Å². The van der Waals surface area contributed by atoms with Crippen LogP contribution in [0, 0.1) is 0 Å². The summed E-state index contributed by atoms with van der Waals surface area (Å²) in [5.74, 6) is 0.690. The fraction of sp³-hybridized carbons (Fsp3) is 0.111. The number of fused-ring (bicyclic) bond motifs is 1. The van der Waals surface area contributed by atoms with Crippen molar-refractivity contribution in [2.24, 2.45) is 0 Å². The maximum Gasteiger partial charge on any atom is 0.177 e. The average molecular weight is 353 g/mol. The van der Waals surface area contributed by atoms with E-state index in [9.17, 15) is 8.42 Å². The normalized spacial score (nSPS) is 11.9. The molecule has 0 aromatic carbocycles. The van der Waals surface area contributed by atoms with E-state index in [1.807, 2.05) is 41.0 Å². The molecular weight excluding hydrogens is 338 g/mol. The Balaban J connectivity index is 1.93. The lowest BCUT2D eigenvalue weighted by Crippen LogP contribution is -2.04. The molecule has 0 spiro atoms. The monoisotopic (exact) mass is 353 g/mol. The van der Waals surface area contributed by atoms with Crippen molar-refractivity contribution in [1.29, 1.82) is 0 Å². The first kappa shape index (κ1) is 15.6. The lowest BCUT2D eigenvalue weighted by molar-refractivity contribution is 0.575. The van der Waals surface area contributed by atoms with Crippen molar-refractivity contribution in [2.45, 2.75) is 11.4 Å². The predicted octanol–water partition coefficient (Wildman–Crippen LogP) is 3.14. The summed E-state index contributed by atoms with van der Waals surface area (Å²) in [7, 11) is -3.32. The summed E-state index contributed by atoms with van der Waals surface area (Å²) in [5, 5.41) is 0.741. The highest BCUT2D eigenvalue weighted by Gasteiger charge is 2.17. The van der Waals surface area contributed by atoms with Crippen LogP contribution in [0.5, 0.6) is 0 Å². The lowest BCUT2D eigenvalue weighted by Gasteiger charge is -2.08. The number of hydrogen-bond donors (Lipinski definition) is 0. The molecule has 4 heterocycles. The van der Waals surface area contributed by atoms with Crippen LogP contribution in [0.3, 0.4) is 0 Å². The van der Waals surface area contributed by atoms with Gasteiger partial charge in [-0.3, -0.25) is 4.98 Å². The van der Waals surface area contributed by atoms with Gasteiger partial charge in [0.25, 0.3) is 0 Å². The van der Waals surface area contributed by atoms with Crippen molar-refractivity contribution >= 4 is 20.9 Å². The maximum absolute atomic E-state index is 11.8. The van der Waals surface area contributed by atoms with Crippen LogP contribution < -0.4 is 0 Å². The molecule has 0 saturated heterocycles. The third-order valence-corrected chi connectivity index (χ3v) is 5.04. The zero-order valence-corrected chi connectivity index (χ0v) is 14.3. The summed E-state index contributed by atoms with van der Waals surface area (Å²) >= 11 is 0. The quantitative estimate of drug-likeness (QED) is 0.563. The first-order chi connectivity index (χ1) is 12.0. The number of sulfone groups is 1. The van der Waals surface area contributed by atoms with Crippen LogP contribution in [0.1, 0.15) is 5.69 Å². The molecule has 0 unspecified atom stereocenters. The van der Waals surface area contributed by atoms with Gasteiger partial charge in [-0.15, -0.1) is 0 Å². The summed E-state index contributed by atoms with van der Waals surface area (Å²) < 4.78 is 31.1. The molecule has 25 heavy (non-hydrogen) atoms. The van der Waals surface area contributed by atoms with Gasteiger partial charge in [0.1, 0.15) is 11.4 Å². The molecule has 0 saturated carbocycles. The molecule has 6 nitrogen and oxygen atoms in total. The third-order valence-electron chi connectivity index (χ3n) is 3.96. The Morgan fingerprint density at radius 1 is 1.12 bits per heavy atom. The van der Waals surface area contributed by atoms with Gasteiger partial charge in [0, 0.05) is 24.0 Å². The summed E-state index contributed by atoms with van der Waals surface area (Å²) in [6.07, 6.45) is 5.91. The van der Waals surface area contributed by atoms with E-state index < -0.39 is 9.84 Å². The molecule has 0 bridgehead atoms. The molecule has 0 aliphatic rings. The zero-order chi connectivity index (χ0) is 17.4. The Morgan fingerprint density at radius 3 is 2.68 bits per heavy atom. The van der Waals surface area contributed by atoms with Crippen LogP contribution in [0.4, 0.5) is 0 Å². The minimum atomic E-state index is -3.32. The van der Waals surface area contributed by atoms with Gasteiger partial charge in [-0.05, 0) is 36.4 Å². The SMILES string of the molecule is CS(=O)(=O)c1cnc2c(c1)cc(-c1ccco1)n2Cc1ccccn1. The van der Waals surface area contributed by atoms with Gasteiger partial charge in [-0.2, -0.15) is 0 Å². The number of furan rings is 1. The summed E-state index contributed by atoms with van der Waals surface area (Å²) in [5.41, 5.74) is 2.38. The molecular formula is C18H15N3O3S. The van der Waals surface area contributed by atoms with Gasteiger partial charge >= 0.3 is 0 Å². The molecule has 0 atom stereocenters. The first-order valence-corrected chi connectivity index (χ1v) is 9.54. The van der Waals surface area contributed by atoms with E-state index in [-0.39, 0.29) is 4.90 Å². The van der Waals surface area contributed by atoms with Crippen LogP contribution in [-0.4, -0.2) is 29.2 Å². The van der Waals surface area contributed by atoms with E-state index in [1.165, 1.54) is 12.5 Å². The topological polar surface area (TPSA) is 78.0 Å². The second kappa shape index (κ2) is 5.86. The lowest BCUT2D eigenvalue weighted by atomic mass is 10.3. The minimum absolute atomic E-state index is 0.195. The van der Waals surface area contributed by atoms with Gasteiger partial charge in [-0.1, -0.05) is 6.07 Å². The Labute approximate surface area is 144 Å². The van der Waals surface area contributed by atoms with Gasteiger partial charge in [0.05, 0.1) is 29.1 Å². The van der Waals surface area contributed by atoms with Crippen molar-refractivity contribution in [1.82, 2.24) is 14.5 Å². The largest absolute Gasteiger partial charge is 0.463 e. The second-order valence-corrected chi connectivity index (χ2v) is 7.79. The highest BCUT2D eigenvalue weighted by Crippen LogP contribution is 2.29. The van der Waals surface area contributed by atoms with E-state index in [0.717, 1.165) is 16.8 Å². The first-order valence-electron chi connectivity index (χ1n) is 7.65. The van der Waals surface area contributed by atoms with Gasteiger partial charge < -0.3 is 8.98 Å². The Hall–Kier alpha value is -2.93. The van der Waals surface area contributed by atoms with E-state index in [1.54, 1.807) is 18.5 Å². The molecule has 0 radical (unpaired) electrons. The molecule has 4 aromatic rings. The molecule has 7 heteroatoms. The number of pyridine rings is 2. The standard InChI is InChI=1S/C18H15N3O3S/c1-25(22,23)15-9-13-10-16(17-6-4-8-24-17)21(18(13)20-11-15)12-14-5-2-3-7-19-14/h2-11H,12H2,1H3. The fourth-order valence-electron chi connectivity index (χ4n) is 2.77. The van der Waals surface area contributed by atoms with Crippen molar-refractivity contribution in [2.75, 3.05) is 6.26 Å². The Kier molecular flexibility index (Phi) is 3.65. The van der Waals surface area contributed by atoms with E-state index in [0.29, 0.717) is 18.0 Å². The van der Waals surface area contributed by atoms with Crippen molar-refractivity contribution in [3.05, 3.63) is 66.8 Å². The molecule has 0 N–H and O–H groups in total. The van der Waals surface area contributed by atoms with Crippen molar-refractivity contribution < 1.29 is 12.8 Å². The molecule has 4 rings (SSSR count). The van der Waals surface area contributed by atoms with E-state index >= 15 is 0 Å². The summed E-state index contributed by atoms with van der Waals surface area (Å²) in [4.78, 5) is 8.95. The molecule has 0 aliphatic carbocycles. The van der Waals surface area contributed by atoms with Gasteiger partial charge in [-0.25, -0.2) is 13.4 Å². The highest BCUT2D eigenvalue weighted by atomic mass is 32.2. The van der Waals surface area contributed by atoms with Crippen molar-refractivity contribution in [3.63, 3.8) is 0 Å². The van der Waals surface area contributed by atoms with Crippen LogP contribution in [-0.2, 0) is 16.4 Å². The zero-order valence-electron chi connectivity index (χ0n) is 13.5. The number of rotatable bonds is 4. The molecule has 0 amide bonds. The molecule has 0 aliphatic heterocycles. The molecule has 126 valence electrons. The number of hydrogen-bond acceptors (Lipinski definition) is 5. The van der Waals surface area contributed by atoms with Crippen LogP contribution in [0.2, 0.25) is 0 Å². The Bertz CT molecular complexity index is 1130. The second-order valence-electron chi connectivity index (χ2n) is 5.77. The van der Waals surface area contributed by atoms with Crippen LogP contribution in [0.15, 0.2) is 70.4 Å². The van der Waals surface area contributed by atoms with E-state index in [2.05, 4.69) is 9.97 Å². The van der Waals surface area contributed by atoms with Crippen LogP contribution in [0.25, 0.3) is 22.5 Å². The number of nitrogens with zero attached hydrogens (tertiary/aromatic N) is 3. The van der Waals surface area contributed by atoms with E-state index in [4.69, 9.17) is 4.42 Å². The average Bonchev–Trinajstić information content (AvgIpc) is 3.23. The fourth-order valence-corrected chi connectivity index (χ4v) is 3.36. The minimum Gasteiger partial charge on any atom is -0.463 e. The summed E-state index contributed by atoms with van der Waals surface area (Å²) in [6, 6.07) is 12.9. The Morgan fingerprint density at radius 2 is 2.00 bits per heavy atom. The highest BCUT2D eigenvalue weighted by molar-refractivity contribution is 7.90.